The summed E-state index contributed by atoms with van der Waals surface area (Å²) in [6.07, 6.45) is 1.46. The second-order valence-corrected chi connectivity index (χ2v) is 5.63. The Labute approximate surface area is 131 Å². The van der Waals surface area contributed by atoms with E-state index in [4.69, 9.17) is 5.11 Å². The average molecular weight is 301 g/mol. The van der Waals surface area contributed by atoms with E-state index < -0.39 is 0 Å². The highest BCUT2D eigenvalue weighted by atomic mass is 16.3. The maximum Gasteiger partial charge on any atom is 0.251 e. The van der Waals surface area contributed by atoms with Crippen LogP contribution in [-0.2, 0) is 0 Å². The number of aliphatic hydroxyl groups is 1. The summed E-state index contributed by atoms with van der Waals surface area (Å²) in [5.74, 6) is -0.0923. The summed E-state index contributed by atoms with van der Waals surface area (Å²) < 4.78 is 1.86. The lowest BCUT2D eigenvalue weighted by molar-refractivity contribution is 0.0936. The lowest BCUT2D eigenvalue weighted by atomic mass is 10.1. The standard InChI is InChI=1S/C17H23N3O2/c1-12(5-4-10-21)18-17(22)15-6-8-16(9-7-15)20-14(3)11-13(2)19-20/h6-9,11-12,21H,4-5,10H2,1-3H3,(H,18,22). The molecule has 118 valence electrons. The summed E-state index contributed by atoms with van der Waals surface area (Å²) in [4.78, 5) is 12.1. The van der Waals surface area contributed by atoms with Gasteiger partial charge in [-0.25, -0.2) is 4.68 Å². The van der Waals surface area contributed by atoms with Crippen molar-refractivity contribution < 1.29 is 9.90 Å². The summed E-state index contributed by atoms with van der Waals surface area (Å²) in [6.45, 7) is 6.05. The number of rotatable bonds is 6. The highest BCUT2D eigenvalue weighted by Gasteiger charge is 2.10. The van der Waals surface area contributed by atoms with Gasteiger partial charge in [0.15, 0.2) is 0 Å². The van der Waals surface area contributed by atoms with Gasteiger partial charge < -0.3 is 10.4 Å². The van der Waals surface area contributed by atoms with Crippen molar-refractivity contribution in [1.29, 1.82) is 0 Å². The van der Waals surface area contributed by atoms with Crippen molar-refractivity contribution >= 4 is 5.91 Å². The smallest absolute Gasteiger partial charge is 0.251 e. The van der Waals surface area contributed by atoms with E-state index in [0.717, 1.165) is 23.5 Å². The van der Waals surface area contributed by atoms with E-state index in [1.54, 1.807) is 12.1 Å². The largest absolute Gasteiger partial charge is 0.396 e. The molecule has 1 amide bonds. The van der Waals surface area contributed by atoms with Gasteiger partial charge in [-0.1, -0.05) is 0 Å². The van der Waals surface area contributed by atoms with Crippen molar-refractivity contribution in [2.24, 2.45) is 0 Å². The third kappa shape index (κ3) is 3.95. The summed E-state index contributed by atoms with van der Waals surface area (Å²) in [7, 11) is 0. The van der Waals surface area contributed by atoms with Crippen molar-refractivity contribution in [2.75, 3.05) is 6.61 Å². The van der Waals surface area contributed by atoms with E-state index in [2.05, 4.69) is 10.4 Å². The van der Waals surface area contributed by atoms with Gasteiger partial charge in [0.1, 0.15) is 0 Å². The number of carbonyl (C=O) groups is 1. The van der Waals surface area contributed by atoms with Crippen LogP contribution in [0.4, 0.5) is 0 Å². The second kappa shape index (κ2) is 7.22. The third-order valence-corrected chi connectivity index (χ3v) is 3.56. The minimum absolute atomic E-state index is 0.0512. The van der Waals surface area contributed by atoms with Crippen molar-refractivity contribution in [1.82, 2.24) is 15.1 Å². The van der Waals surface area contributed by atoms with Gasteiger partial charge in [-0.2, -0.15) is 5.10 Å². The van der Waals surface area contributed by atoms with Gasteiger partial charge in [-0.3, -0.25) is 4.79 Å². The molecule has 5 heteroatoms. The Balaban J connectivity index is 2.05. The minimum Gasteiger partial charge on any atom is -0.396 e. The Hall–Kier alpha value is -2.14. The number of benzene rings is 1. The fourth-order valence-electron chi connectivity index (χ4n) is 2.42. The highest BCUT2D eigenvalue weighted by molar-refractivity contribution is 5.94. The minimum atomic E-state index is -0.0923. The number of hydrogen-bond donors (Lipinski definition) is 2. The third-order valence-electron chi connectivity index (χ3n) is 3.56. The highest BCUT2D eigenvalue weighted by Crippen LogP contribution is 2.13. The zero-order valence-corrected chi connectivity index (χ0v) is 13.3. The maximum atomic E-state index is 12.1. The van der Waals surface area contributed by atoms with Crippen molar-refractivity contribution in [3.8, 4) is 5.69 Å². The number of amides is 1. The molecule has 0 aliphatic carbocycles. The molecule has 0 bridgehead atoms. The van der Waals surface area contributed by atoms with E-state index in [1.165, 1.54) is 0 Å². The van der Waals surface area contributed by atoms with Crippen LogP contribution < -0.4 is 5.32 Å². The molecule has 2 N–H and O–H groups in total. The van der Waals surface area contributed by atoms with Gasteiger partial charge in [0, 0.05) is 23.9 Å². The number of aromatic nitrogens is 2. The molecule has 0 fully saturated rings. The number of nitrogens with zero attached hydrogens (tertiary/aromatic N) is 2. The first-order valence-electron chi connectivity index (χ1n) is 7.56. The number of carbonyl (C=O) groups excluding carboxylic acids is 1. The quantitative estimate of drug-likeness (QED) is 0.861. The predicted molar refractivity (Wildman–Crippen MR) is 86.3 cm³/mol. The summed E-state index contributed by atoms with van der Waals surface area (Å²) >= 11 is 0. The topological polar surface area (TPSA) is 67.2 Å². The van der Waals surface area contributed by atoms with E-state index in [-0.39, 0.29) is 18.6 Å². The molecule has 0 radical (unpaired) electrons. The zero-order valence-electron chi connectivity index (χ0n) is 13.3. The van der Waals surface area contributed by atoms with Gasteiger partial charge in [0.05, 0.1) is 11.4 Å². The molecule has 5 nitrogen and oxygen atoms in total. The summed E-state index contributed by atoms with van der Waals surface area (Å²) in [5, 5.41) is 16.2. The number of aliphatic hydroxyl groups excluding tert-OH is 1. The molecule has 1 atom stereocenters. The number of hydrogen-bond acceptors (Lipinski definition) is 3. The molecule has 2 aromatic rings. The van der Waals surface area contributed by atoms with Crippen LogP contribution in [0, 0.1) is 13.8 Å². The molecule has 1 aromatic heterocycles. The average Bonchev–Trinajstić information content (AvgIpc) is 2.84. The Morgan fingerprint density at radius 2 is 2.00 bits per heavy atom. The molecular weight excluding hydrogens is 278 g/mol. The lowest BCUT2D eigenvalue weighted by Crippen LogP contribution is -2.32. The van der Waals surface area contributed by atoms with Gasteiger partial charge >= 0.3 is 0 Å². The molecule has 0 aliphatic rings. The van der Waals surface area contributed by atoms with Crippen molar-refractivity contribution in [3.63, 3.8) is 0 Å². The van der Waals surface area contributed by atoms with Gasteiger partial charge in [-0.05, 0) is 63.9 Å². The van der Waals surface area contributed by atoms with Crippen LogP contribution in [0.25, 0.3) is 5.69 Å². The van der Waals surface area contributed by atoms with Crippen molar-refractivity contribution in [3.05, 3.63) is 47.3 Å². The van der Waals surface area contributed by atoms with E-state index in [1.807, 2.05) is 43.7 Å². The van der Waals surface area contributed by atoms with Crippen LogP contribution in [0.5, 0.6) is 0 Å². The molecular formula is C17H23N3O2. The maximum absolute atomic E-state index is 12.1. The van der Waals surface area contributed by atoms with Crippen LogP contribution in [0.3, 0.4) is 0 Å². The number of aryl methyl sites for hydroxylation is 2. The van der Waals surface area contributed by atoms with Gasteiger partial charge in [0.25, 0.3) is 5.91 Å². The fraction of sp³-hybridized carbons (Fsp3) is 0.412. The molecule has 0 saturated heterocycles. The monoisotopic (exact) mass is 301 g/mol. The fourth-order valence-corrected chi connectivity index (χ4v) is 2.42. The molecule has 0 saturated carbocycles. The summed E-state index contributed by atoms with van der Waals surface area (Å²) in [6, 6.07) is 9.47. The van der Waals surface area contributed by atoms with Gasteiger partial charge in [0.2, 0.25) is 0 Å². The van der Waals surface area contributed by atoms with Crippen LogP contribution in [0.2, 0.25) is 0 Å². The van der Waals surface area contributed by atoms with Crippen LogP contribution >= 0.6 is 0 Å². The van der Waals surface area contributed by atoms with E-state index in [0.29, 0.717) is 12.0 Å². The number of nitrogens with one attached hydrogen (secondary N) is 1. The SMILES string of the molecule is Cc1cc(C)n(-c2ccc(C(=O)NC(C)CCCO)cc2)n1. The first kappa shape index (κ1) is 16.2. The first-order valence-corrected chi connectivity index (χ1v) is 7.56. The molecule has 1 heterocycles. The van der Waals surface area contributed by atoms with Crippen LogP contribution in [0.15, 0.2) is 30.3 Å². The molecule has 1 unspecified atom stereocenters. The summed E-state index contributed by atoms with van der Waals surface area (Å²) in [5.41, 5.74) is 3.60. The normalized spacial score (nSPS) is 12.2. The Morgan fingerprint density at radius 3 is 2.55 bits per heavy atom. The molecule has 0 spiro atoms. The first-order chi connectivity index (χ1) is 10.5. The zero-order chi connectivity index (χ0) is 16.1. The second-order valence-electron chi connectivity index (χ2n) is 5.63. The molecule has 2 rings (SSSR count). The molecule has 0 aliphatic heterocycles. The van der Waals surface area contributed by atoms with Crippen LogP contribution in [0.1, 0.15) is 41.5 Å². The van der Waals surface area contributed by atoms with Gasteiger partial charge in [-0.15, -0.1) is 0 Å². The Morgan fingerprint density at radius 1 is 1.32 bits per heavy atom. The molecule has 22 heavy (non-hydrogen) atoms. The van der Waals surface area contributed by atoms with E-state index in [9.17, 15) is 4.79 Å². The Bertz CT molecular complexity index is 632. The van der Waals surface area contributed by atoms with Crippen molar-refractivity contribution in [2.45, 2.75) is 39.7 Å². The predicted octanol–water partition coefficient (Wildman–Crippen LogP) is 2.38. The van der Waals surface area contributed by atoms with Crippen LogP contribution in [-0.4, -0.2) is 33.4 Å². The Kier molecular flexibility index (Phi) is 5.33. The lowest BCUT2D eigenvalue weighted by Gasteiger charge is -2.13. The van der Waals surface area contributed by atoms with E-state index >= 15 is 0 Å². The molecule has 1 aromatic carbocycles.